The summed E-state index contributed by atoms with van der Waals surface area (Å²) < 4.78 is 40.0. The second-order valence-electron chi connectivity index (χ2n) is 8.62. The molecule has 3 rings (SSSR count). The smallest absolute Gasteiger partial charge is 0.244 e. The third-order valence-electron chi connectivity index (χ3n) is 5.76. The fourth-order valence-electron chi connectivity index (χ4n) is 3.89. The van der Waals surface area contributed by atoms with E-state index in [1.54, 1.807) is 6.92 Å². The SMILES string of the molecule is CCNC(=O)[C@@H](Cc1ccccc1)N(Cc1ccc(F)cc1)C(=O)CN(c1ccc(Cl)c(Cl)c1)S(C)(=O)=O. The first-order valence-electron chi connectivity index (χ1n) is 11.8. The van der Waals surface area contributed by atoms with Crippen LogP contribution in [0.15, 0.2) is 72.8 Å². The number of amides is 2. The van der Waals surface area contributed by atoms with E-state index < -0.39 is 40.2 Å². The minimum Gasteiger partial charge on any atom is -0.355 e. The molecule has 2 amide bonds. The van der Waals surface area contributed by atoms with E-state index in [4.69, 9.17) is 23.2 Å². The quantitative estimate of drug-likeness (QED) is 0.357. The molecule has 3 aromatic carbocycles. The first kappa shape index (κ1) is 29.4. The Hall–Kier alpha value is -3.14. The Balaban J connectivity index is 2.04. The van der Waals surface area contributed by atoms with Gasteiger partial charge in [0.15, 0.2) is 0 Å². The Morgan fingerprint density at radius 3 is 2.18 bits per heavy atom. The predicted octanol–water partition coefficient (Wildman–Crippen LogP) is 4.67. The molecule has 0 aliphatic heterocycles. The van der Waals surface area contributed by atoms with Crippen molar-refractivity contribution in [1.82, 2.24) is 10.2 Å². The fraction of sp³-hybridized carbons (Fsp3) is 0.259. The Morgan fingerprint density at radius 1 is 0.947 bits per heavy atom. The van der Waals surface area contributed by atoms with Gasteiger partial charge in [-0.3, -0.25) is 13.9 Å². The Kier molecular flexibility index (Phi) is 10.1. The van der Waals surface area contributed by atoms with Gasteiger partial charge in [-0.15, -0.1) is 0 Å². The number of hydrogen-bond donors (Lipinski definition) is 1. The molecule has 1 N–H and O–H groups in total. The average Bonchev–Trinajstić information content (AvgIpc) is 2.87. The number of nitrogens with zero attached hydrogens (tertiary/aromatic N) is 2. The summed E-state index contributed by atoms with van der Waals surface area (Å²) in [6.45, 7) is 1.45. The summed E-state index contributed by atoms with van der Waals surface area (Å²) in [5.41, 5.74) is 1.53. The maximum absolute atomic E-state index is 13.8. The monoisotopic (exact) mass is 579 g/mol. The highest BCUT2D eigenvalue weighted by molar-refractivity contribution is 7.92. The number of carbonyl (C=O) groups is 2. The largest absolute Gasteiger partial charge is 0.355 e. The van der Waals surface area contributed by atoms with E-state index in [-0.39, 0.29) is 28.7 Å². The molecule has 7 nitrogen and oxygen atoms in total. The highest BCUT2D eigenvalue weighted by Gasteiger charge is 2.33. The van der Waals surface area contributed by atoms with E-state index in [0.29, 0.717) is 12.1 Å². The summed E-state index contributed by atoms with van der Waals surface area (Å²) in [7, 11) is -3.94. The molecule has 0 bridgehead atoms. The van der Waals surface area contributed by atoms with Crippen molar-refractivity contribution in [2.75, 3.05) is 23.7 Å². The number of rotatable bonds is 11. The van der Waals surface area contributed by atoms with Gasteiger partial charge in [-0.2, -0.15) is 0 Å². The van der Waals surface area contributed by atoms with Crippen LogP contribution in [0.3, 0.4) is 0 Å². The molecule has 11 heteroatoms. The highest BCUT2D eigenvalue weighted by Crippen LogP contribution is 2.29. The van der Waals surface area contributed by atoms with Crippen LogP contribution < -0.4 is 9.62 Å². The van der Waals surface area contributed by atoms with Crippen molar-refractivity contribution in [2.45, 2.75) is 25.9 Å². The van der Waals surface area contributed by atoms with Crippen LogP contribution in [0.1, 0.15) is 18.1 Å². The number of sulfonamides is 1. The topological polar surface area (TPSA) is 86.8 Å². The normalized spacial score (nSPS) is 12.0. The molecule has 1 atom stereocenters. The van der Waals surface area contributed by atoms with Crippen LogP contribution in [-0.2, 0) is 32.6 Å². The van der Waals surface area contributed by atoms with Gasteiger partial charge in [0.1, 0.15) is 18.4 Å². The van der Waals surface area contributed by atoms with Crippen LogP contribution in [0.4, 0.5) is 10.1 Å². The van der Waals surface area contributed by atoms with Crippen LogP contribution in [0, 0.1) is 5.82 Å². The zero-order chi connectivity index (χ0) is 27.9. The third kappa shape index (κ3) is 7.93. The van der Waals surface area contributed by atoms with Crippen molar-refractivity contribution in [3.05, 3.63) is 99.8 Å². The standard InChI is InChI=1S/C27H28Cl2FN3O4S/c1-3-31-27(35)25(15-19-7-5-4-6-8-19)32(17-20-9-11-21(30)12-10-20)26(34)18-33(38(2,36)37)22-13-14-23(28)24(29)16-22/h4-14,16,25H,3,15,17-18H2,1-2H3,(H,31,35)/t25-/m1/s1. The molecule has 202 valence electrons. The van der Waals surface area contributed by atoms with Gasteiger partial charge in [-0.05, 0) is 48.4 Å². The lowest BCUT2D eigenvalue weighted by Gasteiger charge is -2.33. The number of hydrogen-bond acceptors (Lipinski definition) is 4. The molecular weight excluding hydrogens is 552 g/mol. The van der Waals surface area contributed by atoms with Gasteiger partial charge >= 0.3 is 0 Å². The number of anilines is 1. The highest BCUT2D eigenvalue weighted by atomic mass is 35.5. The average molecular weight is 581 g/mol. The number of carbonyl (C=O) groups excluding carboxylic acids is 2. The molecule has 38 heavy (non-hydrogen) atoms. The molecule has 0 aromatic heterocycles. The van der Waals surface area contributed by atoms with Crippen LogP contribution in [0.2, 0.25) is 10.0 Å². The van der Waals surface area contributed by atoms with Gasteiger partial charge in [0.2, 0.25) is 21.8 Å². The minimum atomic E-state index is -3.94. The minimum absolute atomic E-state index is 0.0489. The molecule has 0 saturated carbocycles. The van der Waals surface area contributed by atoms with Crippen LogP contribution in [-0.4, -0.2) is 50.5 Å². The van der Waals surface area contributed by atoms with Crippen LogP contribution in [0.25, 0.3) is 0 Å². The molecule has 0 radical (unpaired) electrons. The Morgan fingerprint density at radius 2 is 1.61 bits per heavy atom. The molecule has 0 aliphatic carbocycles. The molecule has 0 saturated heterocycles. The van der Waals surface area contributed by atoms with Crippen molar-refractivity contribution in [3.8, 4) is 0 Å². The fourth-order valence-corrected chi connectivity index (χ4v) is 5.02. The van der Waals surface area contributed by atoms with Gasteiger partial charge < -0.3 is 10.2 Å². The lowest BCUT2D eigenvalue weighted by Crippen LogP contribution is -2.53. The number of benzene rings is 3. The van der Waals surface area contributed by atoms with Crippen LogP contribution >= 0.6 is 23.2 Å². The molecule has 3 aromatic rings. The zero-order valence-electron chi connectivity index (χ0n) is 20.9. The first-order valence-corrected chi connectivity index (χ1v) is 14.4. The molecule has 0 unspecified atom stereocenters. The van der Waals surface area contributed by atoms with Gasteiger partial charge in [0.25, 0.3) is 0 Å². The summed E-state index contributed by atoms with van der Waals surface area (Å²) in [5, 5.41) is 3.12. The van der Waals surface area contributed by atoms with Gasteiger partial charge in [0.05, 0.1) is 22.0 Å². The van der Waals surface area contributed by atoms with E-state index in [0.717, 1.165) is 16.1 Å². The number of likely N-dealkylation sites (N-methyl/N-ethyl adjacent to an activating group) is 1. The van der Waals surface area contributed by atoms with Crippen molar-refractivity contribution >= 4 is 50.7 Å². The number of nitrogens with one attached hydrogen (secondary N) is 1. The van der Waals surface area contributed by atoms with E-state index in [1.807, 2.05) is 30.3 Å². The zero-order valence-corrected chi connectivity index (χ0v) is 23.2. The Labute approximate surface area is 232 Å². The van der Waals surface area contributed by atoms with E-state index in [2.05, 4.69) is 5.32 Å². The summed E-state index contributed by atoms with van der Waals surface area (Å²) in [6.07, 6.45) is 1.16. The molecular formula is C27H28Cl2FN3O4S. The third-order valence-corrected chi connectivity index (χ3v) is 7.64. The van der Waals surface area contributed by atoms with Gasteiger partial charge in [0, 0.05) is 19.5 Å². The lowest BCUT2D eigenvalue weighted by atomic mass is 10.0. The van der Waals surface area contributed by atoms with Crippen molar-refractivity contribution < 1.29 is 22.4 Å². The maximum Gasteiger partial charge on any atom is 0.244 e. The number of halogens is 3. The van der Waals surface area contributed by atoms with E-state index >= 15 is 0 Å². The van der Waals surface area contributed by atoms with E-state index in [1.165, 1.54) is 47.4 Å². The van der Waals surface area contributed by atoms with Crippen molar-refractivity contribution in [3.63, 3.8) is 0 Å². The summed E-state index contributed by atoms with van der Waals surface area (Å²) in [5.74, 6) is -1.47. The van der Waals surface area contributed by atoms with E-state index in [9.17, 15) is 22.4 Å². The van der Waals surface area contributed by atoms with Crippen molar-refractivity contribution in [2.24, 2.45) is 0 Å². The molecule has 0 aliphatic rings. The van der Waals surface area contributed by atoms with Gasteiger partial charge in [-0.1, -0.05) is 65.7 Å². The molecule has 0 heterocycles. The Bertz CT molecular complexity index is 1370. The van der Waals surface area contributed by atoms with Crippen molar-refractivity contribution in [1.29, 1.82) is 0 Å². The molecule has 0 spiro atoms. The summed E-state index contributed by atoms with van der Waals surface area (Å²) in [6, 6.07) is 18.0. The predicted molar refractivity (Wildman–Crippen MR) is 148 cm³/mol. The second kappa shape index (κ2) is 13.1. The van der Waals surface area contributed by atoms with Crippen LogP contribution in [0.5, 0.6) is 0 Å². The first-order chi connectivity index (χ1) is 18.0. The molecule has 0 fully saturated rings. The lowest BCUT2D eigenvalue weighted by molar-refractivity contribution is -0.140. The summed E-state index contributed by atoms with van der Waals surface area (Å²) in [4.78, 5) is 28.4. The van der Waals surface area contributed by atoms with Gasteiger partial charge in [-0.25, -0.2) is 12.8 Å². The second-order valence-corrected chi connectivity index (χ2v) is 11.3. The maximum atomic E-state index is 13.8. The summed E-state index contributed by atoms with van der Waals surface area (Å²) >= 11 is 12.1.